The number of carbonyl (C=O) groups excluding carboxylic acids is 4. The van der Waals surface area contributed by atoms with Crippen LogP contribution in [0, 0.1) is 0 Å². The maximum Gasteiger partial charge on any atom is 0.362 e. The normalized spacial score (nSPS) is 20.6. The number of anilines is 1. The first-order valence-electron chi connectivity index (χ1n) is 5.98. The highest BCUT2D eigenvalue weighted by molar-refractivity contribution is 7.84. The molecule has 0 spiro atoms. The second-order valence-electron chi connectivity index (χ2n) is 4.43. The van der Waals surface area contributed by atoms with Gasteiger partial charge in [0.25, 0.3) is 17.6 Å². The lowest BCUT2D eigenvalue weighted by Gasteiger charge is -2.41. The van der Waals surface area contributed by atoms with Gasteiger partial charge in [-0.3, -0.25) is 23.7 Å². The third-order valence-corrected chi connectivity index (χ3v) is 4.78. The standard InChI is InChI=1S/C10H10N4O7S2/c1-4-6(9(18)14(4)23(19,20)21)13-8(17)7(16)5-2-22-10(12-5)11-3-15/h2-4,6H,1H3,(H,13,17)(H,11,12,15)(H,19,20,21)/t4-,6?/m1/s1. The Bertz CT molecular complexity index is 787. The topological polar surface area (TPSA) is 163 Å². The van der Waals surface area contributed by atoms with Crippen LogP contribution in [-0.2, 0) is 24.7 Å². The quantitative estimate of drug-likeness (QED) is 0.179. The molecule has 1 aromatic rings. The van der Waals surface area contributed by atoms with Gasteiger partial charge in [-0.2, -0.15) is 8.42 Å². The number of hydrogen-bond donors (Lipinski definition) is 3. The van der Waals surface area contributed by atoms with Crippen LogP contribution in [0.15, 0.2) is 5.38 Å². The van der Waals surface area contributed by atoms with Crippen molar-refractivity contribution in [2.45, 2.75) is 19.0 Å². The van der Waals surface area contributed by atoms with Gasteiger partial charge in [-0.15, -0.1) is 11.3 Å². The highest BCUT2D eigenvalue weighted by Crippen LogP contribution is 2.23. The number of ketones is 1. The molecule has 13 heteroatoms. The number of aromatic nitrogens is 1. The molecule has 2 heterocycles. The van der Waals surface area contributed by atoms with E-state index in [4.69, 9.17) is 4.55 Å². The van der Waals surface area contributed by atoms with Gasteiger partial charge in [0, 0.05) is 5.38 Å². The van der Waals surface area contributed by atoms with Gasteiger partial charge in [0.15, 0.2) is 5.13 Å². The Morgan fingerprint density at radius 3 is 2.65 bits per heavy atom. The molecule has 11 nitrogen and oxygen atoms in total. The molecule has 0 aromatic carbocycles. The molecule has 0 bridgehead atoms. The molecule has 1 saturated heterocycles. The lowest BCUT2D eigenvalue weighted by molar-refractivity contribution is -0.144. The molecule has 1 unspecified atom stereocenters. The predicted molar refractivity (Wildman–Crippen MR) is 75.9 cm³/mol. The Morgan fingerprint density at radius 1 is 1.48 bits per heavy atom. The number of carbonyl (C=O) groups is 4. The number of nitrogens with one attached hydrogen (secondary N) is 2. The molecule has 2 atom stereocenters. The first-order chi connectivity index (χ1) is 10.7. The van der Waals surface area contributed by atoms with Crippen LogP contribution in [0.1, 0.15) is 17.4 Å². The number of amides is 3. The summed E-state index contributed by atoms with van der Waals surface area (Å²) in [5.74, 6) is -3.26. The van der Waals surface area contributed by atoms with Crippen molar-refractivity contribution in [2.24, 2.45) is 0 Å². The fourth-order valence-corrected chi connectivity index (χ4v) is 3.45. The van der Waals surface area contributed by atoms with Gasteiger partial charge in [-0.05, 0) is 6.92 Å². The summed E-state index contributed by atoms with van der Waals surface area (Å²) in [6.45, 7) is 1.28. The van der Waals surface area contributed by atoms with Crippen LogP contribution in [0.5, 0.6) is 0 Å². The SMILES string of the molecule is C[C@@H]1C(NC(=O)C(=O)c2csc(NC=O)n2)C(=O)N1S(=O)(=O)O. The fourth-order valence-electron chi connectivity index (χ4n) is 1.92. The van der Waals surface area contributed by atoms with Crippen LogP contribution >= 0.6 is 11.3 Å². The Labute approximate surface area is 133 Å². The molecule has 0 saturated carbocycles. The Hall–Kier alpha value is -2.38. The zero-order valence-corrected chi connectivity index (χ0v) is 13.1. The third kappa shape index (κ3) is 3.20. The molecule has 0 aliphatic carbocycles. The van der Waals surface area contributed by atoms with Gasteiger partial charge in [-0.1, -0.05) is 0 Å². The average Bonchev–Trinajstić information content (AvgIpc) is 2.91. The smallest absolute Gasteiger partial charge is 0.335 e. The lowest BCUT2D eigenvalue weighted by Crippen LogP contribution is -2.71. The predicted octanol–water partition coefficient (Wildman–Crippen LogP) is -1.59. The second kappa shape index (κ2) is 6.02. The van der Waals surface area contributed by atoms with E-state index < -0.39 is 40.0 Å². The van der Waals surface area contributed by atoms with Gasteiger partial charge >= 0.3 is 10.3 Å². The number of nitrogens with zero attached hydrogens (tertiary/aromatic N) is 2. The van der Waals surface area contributed by atoms with E-state index in [0.717, 1.165) is 11.3 Å². The molecule has 1 aromatic heterocycles. The maximum atomic E-state index is 11.9. The van der Waals surface area contributed by atoms with Crippen molar-refractivity contribution in [2.75, 3.05) is 5.32 Å². The first kappa shape index (κ1) is 17.0. The highest BCUT2D eigenvalue weighted by Gasteiger charge is 2.51. The summed E-state index contributed by atoms with van der Waals surface area (Å²) in [6, 6.07) is -2.28. The number of Topliss-reactive ketones (excluding diaryl/α,β-unsaturated/α-hetero) is 1. The van der Waals surface area contributed by atoms with E-state index in [2.05, 4.69) is 15.6 Å². The first-order valence-corrected chi connectivity index (χ1v) is 8.26. The molecular weight excluding hydrogens is 352 g/mol. The Morgan fingerprint density at radius 2 is 2.13 bits per heavy atom. The number of hydrogen-bond acceptors (Lipinski definition) is 8. The summed E-state index contributed by atoms with van der Waals surface area (Å²) in [6.07, 6.45) is 0.353. The second-order valence-corrected chi connectivity index (χ2v) is 6.58. The molecule has 0 radical (unpaired) electrons. The van der Waals surface area contributed by atoms with Crippen LogP contribution < -0.4 is 10.6 Å². The van der Waals surface area contributed by atoms with Crippen LogP contribution in [-0.4, -0.2) is 58.4 Å². The van der Waals surface area contributed by atoms with E-state index in [1.54, 1.807) is 0 Å². The Balaban J connectivity index is 2.03. The Kier molecular flexibility index (Phi) is 4.44. The number of thiazole rings is 1. The molecule has 1 fully saturated rings. The summed E-state index contributed by atoms with van der Waals surface area (Å²) in [5.41, 5.74) is -0.233. The molecule has 3 N–H and O–H groups in total. The van der Waals surface area contributed by atoms with Crippen molar-refractivity contribution in [1.82, 2.24) is 14.6 Å². The molecule has 1 aliphatic heterocycles. The van der Waals surface area contributed by atoms with Gasteiger partial charge in [0.2, 0.25) is 6.41 Å². The van der Waals surface area contributed by atoms with Crippen molar-refractivity contribution < 1.29 is 32.1 Å². The molecule has 124 valence electrons. The van der Waals surface area contributed by atoms with Gasteiger partial charge < -0.3 is 10.6 Å². The van der Waals surface area contributed by atoms with Crippen LogP contribution in [0.4, 0.5) is 5.13 Å². The number of β-lactam (4-membered cyclic amide) rings is 1. The fraction of sp³-hybridized carbons (Fsp3) is 0.300. The number of rotatable bonds is 6. The van der Waals surface area contributed by atoms with Crippen molar-refractivity contribution >= 4 is 50.8 Å². The van der Waals surface area contributed by atoms with Gasteiger partial charge in [-0.25, -0.2) is 9.29 Å². The van der Waals surface area contributed by atoms with Crippen molar-refractivity contribution in [3.63, 3.8) is 0 Å². The zero-order valence-electron chi connectivity index (χ0n) is 11.4. The lowest BCUT2D eigenvalue weighted by atomic mass is 10.0. The van der Waals surface area contributed by atoms with E-state index in [0.29, 0.717) is 6.41 Å². The van der Waals surface area contributed by atoms with Crippen molar-refractivity contribution in [3.05, 3.63) is 11.1 Å². The molecule has 2 rings (SSSR count). The van der Waals surface area contributed by atoms with E-state index in [-0.39, 0.29) is 15.1 Å². The summed E-state index contributed by atoms with van der Waals surface area (Å²) in [5, 5.41) is 5.64. The third-order valence-electron chi connectivity index (χ3n) is 3.00. The largest absolute Gasteiger partial charge is 0.362 e. The summed E-state index contributed by atoms with van der Waals surface area (Å²) < 4.78 is 30.9. The minimum atomic E-state index is -4.71. The van der Waals surface area contributed by atoms with Crippen LogP contribution in [0.25, 0.3) is 0 Å². The summed E-state index contributed by atoms with van der Waals surface area (Å²) in [4.78, 5) is 49.2. The minimum Gasteiger partial charge on any atom is -0.335 e. The molecule has 23 heavy (non-hydrogen) atoms. The molecular formula is C10H10N4O7S2. The van der Waals surface area contributed by atoms with Crippen LogP contribution in [0.2, 0.25) is 0 Å². The van der Waals surface area contributed by atoms with Crippen molar-refractivity contribution in [1.29, 1.82) is 0 Å². The average molecular weight is 362 g/mol. The van der Waals surface area contributed by atoms with Crippen LogP contribution in [0.3, 0.4) is 0 Å². The summed E-state index contributed by atoms with van der Waals surface area (Å²) >= 11 is 0.921. The molecule has 3 amide bonds. The monoisotopic (exact) mass is 362 g/mol. The zero-order chi connectivity index (χ0) is 17.4. The molecule has 1 aliphatic rings. The summed E-state index contributed by atoms with van der Waals surface area (Å²) in [7, 11) is -4.71. The van der Waals surface area contributed by atoms with E-state index in [1.807, 2.05) is 0 Å². The van der Waals surface area contributed by atoms with Crippen molar-refractivity contribution in [3.8, 4) is 0 Å². The van der Waals surface area contributed by atoms with E-state index in [1.165, 1.54) is 12.3 Å². The van der Waals surface area contributed by atoms with Gasteiger partial charge in [0.1, 0.15) is 11.7 Å². The van der Waals surface area contributed by atoms with E-state index >= 15 is 0 Å². The van der Waals surface area contributed by atoms with Gasteiger partial charge in [0.05, 0.1) is 6.04 Å². The minimum absolute atomic E-state index is 0.113. The van der Waals surface area contributed by atoms with E-state index in [9.17, 15) is 27.6 Å². The highest BCUT2D eigenvalue weighted by atomic mass is 32.2. The maximum absolute atomic E-state index is 11.9.